The van der Waals surface area contributed by atoms with Gasteiger partial charge in [-0.15, -0.1) is 0 Å². The van der Waals surface area contributed by atoms with Gasteiger partial charge < -0.3 is 4.74 Å². The number of aryl methyl sites for hydroxylation is 3. The number of hydrogen-bond donors (Lipinski definition) is 0. The summed E-state index contributed by atoms with van der Waals surface area (Å²) in [5, 5.41) is 0. The SMILES string of the molecule is O=C(OCCCc1ccccc1CCc1ccccc1)c1ccccc1. The summed E-state index contributed by atoms with van der Waals surface area (Å²) in [7, 11) is 0. The van der Waals surface area contributed by atoms with Crippen LogP contribution in [0.5, 0.6) is 0 Å². The molecule has 0 aromatic heterocycles. The minimum absolute atomic E-state index is 0.247. The number of ether oxygens (including phenoxy) is 1. The summed E-state index contributed by atoms with van der Waals surface area (Å²) >= 11 is 0. The first-order valence-corrected chi connectivity index (χ1v) is 9.16. The Bertz CT molecular complexity index is 810. The van der Waals surface area contributed by atoms with Gasteiger partial charge in [0, 0.05) is 0 Å². The highest BCUT2D eigenvalue weighted by atomic mass is 16.5. The van der Waals surface area contributed by atoms with E-state index in [0.717, 1.165) is 25.7 Å². The summed E-state index contributed by atoms with van der Waals surface area (Å²) < 4.78 is 5.38. The topological polar surface area (TPSA) is 26.3 Å². The third kappa shape index (κ3) is 5.32. The number of hydrogen-bond acceptors (Lipinski definition) is 2. The second-order valence-electron chi connectivity index (χ2n) is 6.36. The molecule has 0 fully saturated rings. The van der Waals surface area contributed by atoms with Crippen molar-refractivity contribution in [2.24, 2.45) is 0 Å². The predicted molar refractivity (Wildman–Crippen MR) is 105 cm³/mol. The predicted octanol–water partition coefficient (Wildman–Crippen LogP) is 5.26. The van der Waals surface area contributed by atoms with E-state index in [1.807, 2.05) is 24.3 Å². The van der Waals surface area contributed by atoms with Crippen LogP contribution in [0.1, 0.15) is 33.5 Å². The smallest absolute Gasteiger partial charge is 0.338 e. The highest BCUT2D eigenvalue weighted by Crippen LogP contribution is 2.15. The summed E-state index contributed by atoms with van der Waals surface area (Å²) in [5.74, 6) is -0.247. The van der Waals surface area contributed by atoms with E-state index in [9.17, 15) is 4.79 Å². The van der Waals surface area contributed by atoms with Crippen molar-refractivity contribution in [2.45, 2.75) is 25.7 Å². The fraction of sp³-hybridized carbons (Fsp3) is 0.208. The Morgan fingerprint density at radius 2 is 1.23 bits per heavy atom. The van der Waals surface area contributed by atoms with Gasteiger partial charge in [0.2, 0.25) is 0 Å². The standard InChI is InChI=1S/C24H24O2/c25-24(23-14-5-2-6-15-23)26-19-9-16-21-12-7-8-13-22(21)18-17-20-10-3-1-4-11-20/h1-8,10-15H,9,16-19H2. The van der Waals surface area contributed by atoms with Crippen LogP contribution in [-0.2, 0) is 24.0 Å². The van der Waals surface area contributed by atoms with Gasteiger partial charge in [-0.25, -0.2) is 4.79 Å². The van der Waals surface area contributed by atoms with Crippen molar-refractivity contribution < 1.29 is 9.53 Å². The Morgan fingerprint density at radius 3 is 1.92 bits per heavy atom. The Morgan fingerprint density at radius 1 is 0.654 bits per heavy atom. The Kier molecular flexibility index (Phi) is 6.60. The zero-order valence-corrected chi connectivity index (χ0v) is 14.9. The molecule has 0 amide bonds. The molecule has 3 aromatic carbocycles. The van der Waals surface area contributed by atoms with E-state index in [-0.39, 0.29) is 5.97 Å². The van der Waals surface area contributed by atoms with Gasteiger partial charge >= 0.3 is 5.97 Å². The average molecular weight is 344 g/mol. The van der Waals surface area contributed by atoms with E-state index in [1.165, 1.54) is 16.7 Å². The molecule has 3 rings (SSSR count). The van der Waals surface area contributed by atoms with Crippen LogP contribution in [0.25, 0.3) is 0 Å². The molecular formula is C24H24O2. The van der Waals surface area contributed by atoms with Crippen LogP contribution in [0.3, 0.4) is 0 Å². The van der Waals surface area contributed by atoms with E-state index >= 15 is 0 Å². The number of esters is 1. The number of carbonyl (C=O) groups excluding carboxylic acids is 1. The zero-order valence-electron chi connectivity index (χ0n) is 14.9. The van der Waals surface area contributed by atoms with Crippen molar-refractivity contribution in [2.75, 3.05) is 6.61 Å². The minimum Gasteiger partial charge on any atom is -0.462 e. The molecule has 26 heavy (non-hydrogen) atoms. The maximum atomic E-state index is 12.0. The molecule has 0 aliphatic rings. The molecule has 2 nitrogen and oxygen atoms in total. The van der Waals surface area contributed by atoms with Crippen molar-refractivity contribution in [1.29, 1.82) is 0 Å². The van der Waals surface area contributed by atoms with E-state index in [0.29, 0.717) is 12.2 Å². The summed E-state index contributed by atoms with van der Waals surface area (Å²) in [6, 6.07) is 28.3. The first kappa shape index (κ1) is 17.9. The molecule has 0 atom stereocenters. The first-order valence-electron chi connectivity index (χ1n) is 9.16. The molecular weight excluding hydrogens is 320 g/mol. The van der Waals surface area contributed by atoms with E-state index in [4.69, 9.17) is 4.74 Å². The van der Waals surface area contributed by atoms with Gasteiger partial charge in [0.15, 0.2) is 0 Å². The van der Waals surface area contributed by atoms with E-state index in [1.54, 1.807) is 12.1 Å². The third-order valence-corrected chi connectivity index (χ3v) is 4.48. The monoisotopic (exact) mass is 344 g/mol. The molecule has 0 heterocycles. The van der Waals surface area contributed by atoms with Crippen LogP contribution in [-0.4, -0.2) is 12.6 Å². The molecule has 0 unspecified atom stereocenters. The third-order valence-electron chi connectivity index (χ3n) is 4.48. The van der Waals surface area contributed by atoms with Crippen LogP contribution in [0.15, 0.2) is 84.9 Å². The lowest BCUT2D eigenvalue weighted by molar-refractivity contribution is 0.0500. The van der Waals surface area contributed by atoms with Gasteiger partial charge in [-0.05, 0) is 54.5 Å². The van der Waals surface area contributed by atoms with Crippen LogP contribution in [0, 0.1) is 0 Å². The molecule has 2 heteroatoms. The molecule has 0 bridgehead atoms. The van der Waals surface area contributed by atoms with Crippen LogP contribution in [0.4, 0.5) is 0 Å². The van der Waals surface area contributed by atoms with Gasteiger partial charge in [-0.2, -0.15) is 0 Å². The summed E-state index contributed by atoms with van der Waals surface area (Å²) in [6.07, 6.45) is 3.83. The van der Waals surface area contributed by atoms with Crippen LogP contribution < -0.4 is 0 Å². The maximum Gasteiger partial charge on any atom is 0.338 e. The normalized spacial score (nSPS) is 10.5. The second-order valence-corrected chi connectivity index (χ2v) is 6.36. The molecule has 0 spiro atoms. The van der Waals surface area contributed by atoms with Gasteiger partial charge in [-0.1, -0.05) is 72.8 Å². The van der Waals surface area contributed by atoms with Gasteiger partial charge in [0.1, 0.15) is 0 Å². The number of rotatable bonds is 8. The van der Waals surface area contributed by atoms with E-state index < -0.39 is 0 Å². The highest BCUT2D eigenvalue weighted by Gasteiger charge is 2.07. The van der Waals surface area contributed by atoms with Crippen molar-refractivity contribution >= 4 is 5.97 Å². The van der Waals surface area contributed by atoms with Crippen molar-refractivity contribution in [3.05, 3.63) is 107 Å². The minimum atomic E-state index is -0.247. The molecule has 0 aliphatic carbocycles. The van der Waals surface area contributed by atoms with Crippen molar-refractivity contribution in [3.8, 4) is 0 Å². The van der Waals surface area contributed by atoms with Crippen molar-refractivity contribution in [1.82, 2.24) is 0 Å². The Hall–Kier alpha value is -2.87. The number of benzene rings is 3. The van der Waals surface area contributed by atoms with E-state index in [2.05, 4.69) is 48.5 Å². The lowest BCUT2D eigenvalue weighted by Crippen LogP contribution is -2.07. The fourth-order valence-corrected chi connectivity index (χ4v) is 3.05. The lowest BCUT2D eigenvalue weighted by Gasteiger charge is -2.10. The van der Waals surface area contributed by atoms with Crippen molar-refractivity contribution in [3.63, 3.8) is 0 Å². The molecule has 3 aromatic rings. The largest absolute Gasteiger partial charge is 0.462 e. The molecule has 0 N–H and O–H groups in total. The molecule has 0 saturated carbocycles. The summed E-state index contributed by atoms with van der Waals surface area (Å²) in [6.45, 7) is 0.445. The van der Waals surface area contributed by atoms with Crippen LogP contribution in [0.2, 0.25) is 0 Å². The molecule has 0 saturated heterocycles. The summed E-state index contributed by atoms with van der Waals surface area (Å²) in [5.41, 5.74) is 4.69. The molecule has 132 valence electrons. The van der Waals surface area contributed by atoms with Crippen LogP contribution >= 0.6 is 0 Å². The first-order chi connectivity index (χ1) is 12.8. The Balaban J connectivity index is 1.48. The second kappa shape index (κ2) is 9.57. The average Bonchev–Trinajstić information content (AvgIpc) is 2.71. The summed E-state index contributed by atoms with van der Waals surface area (Å²) in [4.78, 5) is 12.0. The highest BCUT2D eigenvalue weighted by molar-refractivity contribution is 5.89. The van der Waals surface area contributed by atoms with Gasteiger partial charge in [-0.3, -0.25) is 0 Å². The molecule has 0 radical (unpaired) electrons. The zero-order chi connectivity index (χ0) is 18.0. The van der Waals surface area contributed by atoms with Gasteiger partial charge in [0.25, 0.3) is 0 Å². The number of carbonyl (C=O) groups is 1. The van der Waals surface area contributed by atoms with Gasteiger partial charge in [0.05, 0.1) is 12.2 Å². The fourth-order valence-electron chi connectivity index (χ4n) is 3.05. The lowest BCUT2D eigenvalue weighted by atomic mass is 9.97. The Labute approximate surface area is 155 Å². The maximum absolute atomic E-state index is 12.0. The molecule has 0 aliphatic heterocycles. The quantitative estimate of drug-likeness (QED) is 0.411.